The van der Waals surface area contributed by atoms with Crippen molar-refractivity contribution in [1.82, 2.24) is 4.90 Å². The highest BCUT2D eigenvalue weighted by molar-refractivity contribution is 6.18. The fourth-order valence-corrected chi connectivity index (χ4v) is 1.35. The molecule has 0 bridgehead atoms. The van der Waals surface area contributed by atoms with Crippen molar-refractivity contribution in [3.05, 3.63) is 0 Å². The van der Waals surface area contributed by atoms with E-state index in [1.807, 2.05) is 0 Å². The van der Waals surface area contributed by atoms with Crippen LogP contribution >= 0.6 is 11.6 Å². The van der Waals surface area contributed by atoms with Crippen molar-refractivity contribution in [3.8, 4) is 0 Å². The molecule has 1 fully saturated rings. The third-order valence-electron chi connectivity index (χ3n) is 2.08. The van der Waals surface area contributed by atoms with Gasteiger partial charge in [0.15, 0.2) is 0 Å². The van der Waals surface area contributed by atoms with Crippen LogP contribution in [0.15, 0.2) is 0 Å². The standard InChI is InChI=1S/C8H16ClN/c1-10(7-5-9)6-4-8-2-3-8/h8H,2-7H2,1H3. The number of nitrogens with zero attached hydrogens (tertiary/aromatic N) is 1. The molecular formula is C8H16ClN. The summed E-state index contributed by atoms with van der Waals surface area (Å²) >= 11 is 5.59. The molecular weight excluding hydrogens is 146 g/mol. The average molecular weight is 162 g/mol. The van der Waals surface area contributed by atoms with Crippen molar-refractivity contribution in [3.63, 3.8) is 0 Å². The molecule has 0 saturated heterocycles. The first kappa shape index (κ1) is 8.35. The maximum atomic E-state index is 5.59. The first-order chi connectivity index (χ1) is 4.83. The highest BCUT2D eigenvalue weighted by Gasteiger charge is 2.20. The molecule has 0 atom stereocenters. The SMILES string of the molecule is CN(CCCl)CCC1CC1. The number of hydrogen-bond donors (Lipinski definition) is 0. The Balaban J connectivity index is 1.89. The van der Waals surface area contributed by atoms with Gasteiger partial charge in [-0.05, 0) is 25.9 Å². The third-order valence-corrected chi connectivity index (χ3v) is 2.25. The summed E-state index contributed by atoms with van der Waals surface area (Å²) in [5, 5.41) is 0. The molecule has 1 aliphatic carbocycles. The summed E-state index contributed by atoms with van der Waals surface area (Å²) in [4.78, 5) is 2.31. The van der Waals surface area contributed by atoms with Gasteiger partial charge in [-0.1, -0.05) is 12.8 Å². The second-order valence-electron chi connectivity index (χ2n) is 3.22. The smallest absolute Gasteiger partial charge is 0.0351 e. The van der Waals surface area contributed by atoms with Crippen LogP contribution in [-0.4, -0.2) is 30.9 Å². The second kappa shape index (κ2) is 4.20. The normalized spacial score (nSPS) is 18.3. The minimum atomic E-state index is 0.765. The summed E-state index contributed by atoms with van der Waals surface area (Å²) < 4.78 is 0. The summed E-state index contributed by atoms with van der Waals surface area (Å²) in [5.74, 6) is 1.82. The molecule has 1 aliphatic rings. The number of alkyl halides is 1. The van der Waals surface area contributed by atoms with Crippen LogP contribution in [0.3, 0.4) is 0 Å². The van der Waals surface area contributed by atoms with Crippen molar-refractivity contribution < 1.29 is 0 Å². The molecule has 0 amide bonds. The lowest BCUT2D eigenvalue weighted by Gasteiger charge is -2.13. The first-order valence-electron chi connectivity index (χ1n) is 4.07. The molecule has 10 heavy (non-hydrogen) atoms. The van der Waals surface area contributed by atoms with E-state index >= 15 is 0 Å². The van der Waals surface area contributed by atoms with Crippen LogP contribution in [0.2, 0.25) is 0 Å². The lowest BCUT2D eigenvalue weighted by Crippen LogP contribution is -2.22. The maximum Gasteiger partial charge on any atom is 0.0351 e. The van der Waals surface area contributed by atoms with Crippen molar-refractivity contribution >= 4 is 11.6 Å². The molecule has 1 rings (SSSR count). The van der Waals surface area contributed by atoms with Crippen LogP contribution in [-0.2, 0) is 0 Å². The Labute approximate surface area is 68.4 Å². The van der Waals surface area contributed by atoms with E-state index in [2.05, 4.69) is 11.9 Å². The first-order valence-corrected chi connectivity index (χ1v) is 4.61. The van der Waals surface area contributed by atoms with Crippen molar-refractivity contribution in [2.75, 3.05) is 26.0 Å². The average Bonchev–Trinajstić information content (AvgIpc) is 2.67. The summed E-state index contributed by atoms with van der Waals surface area (Å²) in [7, 11) is 2.14. The fourth-order valence-electron chi connectivity index (χ4n) is 1.07. The number of rotatable bonds is 5. The molecule has 1 nitrogen and oxygen atoms in total. The summed E-state index contributed by atoms with van der Waals surface area (Å²) in [5.41, 5.74) is 0. The Kier molecular flexibility index (Phi) is 3.50. The van der Waals surface area contributed by atoms with E-state index in [-0.39, 0.29) is 0 Å². The topological polar surface area (TPSA) is 3.24 Å². The van der Waals surface area contributed by atoms with Gasteiger partial charge in [0, 0.05) is 12.4 Å². The number of hydrogen-bond acceptors (Lipinski definition) is 1. The third kappa shape index (κ3) is 3.43. The van der Waals surface area contributed by atoms with E-state index in [0.717, 1.165) is 18.3 Å². The number of halogens is 1. The van der Waals surface area contributed by atoms with E-state index < -0.39 is 0 Å². The quantitative estimate of drug-likeness (QED) is 0.558. The van der Waals surface area contributed by atoms with Gasteiger partial charge < -0.3 is 4.90 Å². The molecule has 1 saturated carbocycles. The minimum Gasteiger partial charge on any atom is -0.305 e. The summed E-state index contributed by atoms with van der Waals surface area (Å²) in [6.45, 7) is 2.27. The molecule has 2 heteroatoms. The van der Waals surface area contributed by atoms with E-state index in [0.29, 0.717) is 0 Å². The van der Waals surface area contributed by atoms with Gasteiger partial charge in [0.1, 0.15) is 0 Å². The van der Waals surface area contributed by atoms with Crippen LogP contribution in [0.25, 0.3) is 0 Å². The van der Waals surface area contributed by atoms with Gasteiger partial charge in [0.05, 0.1) is 0 Å². The van der Waals surface area contributed by atoms with E-state index in [1.165, 1.54) is 25.8 Å². The Morgan fingerprint density at radius 3 is 2.60 bits per heavy atom. The van der Waals surface area contributed by atoms with E-state index in [1.54, 1.807) is 0 Å². The van der Waals surface area contributed by atoms with Crippen molar-refractivity contribution in [1.29, 1.82) is 0 Å². The second-order valence-corrected chi connectivity index (χ2v) is 3.60. The molecule has 0 aromatic rings. The zero-order valence-corrected chi connectivity index (χ0v) is 7.40. The van der Waals surface area contributed by atoms with Gasteiger partial charge in [-0.25, -0.2) is 0 Å². The van der Waals surface area contributed by atoms with Gasteiger partial charge in [-0.3, -0.25) is 0 Å². The fraction of sp³-hybridized carbons (Fsp3) is 1.00. The summed E-state index contributed by atoms with van der Waals surface area (Å²) in [6.07, 6.45) is 4.32. The highest BCUT2D eigenvalue weighted by Crippen LogP contribution is 2.32. The molecule has 0 radical (unpaired) electrons. The Bertz CT molecular complexity index is 91.3. The Morgan fingerprint density at radius 2 is 2.10 bits per heavy atom. The molecule has 0 unspecified atom stereocenters. The van der Waals surface area contributed by atoms with Crippen molar-refractivity contribution in [2.24, 2.45) is 5.92 Å². The van der Waals surface area contributed by atoms with Gasteiger partial charge in [0.2, 0.25) is 0 Å². The molecule has 60 valence electrons. The van der Waals surface area contributed by atoms with Gasteiger partial charge in [0.25, 0.3) is 0 Å². The van der Waals surface area contributed by atoms with Gasteiger partial charge in [-0.2, -0.15) is 0 Å². The maximum absolute atomic E-state index is 5.59. The van der Waals surface area contributed by atoms with Crippen LogP contribution < -0.4 is 0 Å². The predicted octanol–water partition coefficient (Wildman–Crippen LogP) is 1.96. The zero-order chi connectivity index (χ0) is 7.40. The molecule has 0 spiro atoms. The largest absolute Gasteiger partial charge is 0.305 e. The van der Waals surface area contributed by atoms with Crippen LogP contribution in [0.1, 0.15) is 19.3 Å². The summed E-state index contributed by atoms with van der Waals surface area (Å²) in [6, 6.07) is 0. The van der Waals surface area contributed by atoms with Crippen LogP contribution in [0, 0.1) is 5.92 Å². The molecule has 0 heterocycles. The lowest BCUT2D eigenvalue weighted by atomic mass is 10.3. The lowest BCUT2D eigenvalue weighted by molar-refractivity contribution is 0.341. The van der Waals surface area contributed by atoms with Gasteiger partial charge in [-0.15, -0.1) is 11.6 Å². The molecule has 0 aromatic carbocycles. The van der Waals surface area contributed by atoms with E-state index in [4.69, 9.17) is 11.6 Å². The van der Waals surface area contributed by atoms with Crippen molar-refractivity contribution in [2.45, 2.75) is 19.3 Å². The highest BCUT2D eigenvalue weighted by atomic mass is 35.5. The molecule has 0 N–H and O–H groups in total. The zero-order valence-electron chi connectivity index (χ0n) is 6.65. The minimum absolute atomic E-state index is 0.765. The predicted molar refractivity (Wildman–Crippen MR) is 45.6 cm³/mol. The Morgan fingerprint density at radius 1 is 1.40 bits per heavy atom. The Hall–Kier alpha value is 0.250. The van der Waals surface area contributed by atoms with Crippen LogP contribution in [0.5, 0.6) is 0 Å². The molecule has 0 aliphatic heterocycles. The van der Waals surface area contributed by atoms with Crippen LogP contribution in [0.4, 0.5) is 0 Å². The monoisotopic (exact) mass is 161 g/mol. The van der Waals surface area contributed by atoms with E-state index in [9.17, 15) is 0 Å². The molecule has 0 aromatic heterocycles. The van der Waals surface area contributed by atoms with Gasteiger partial charge >= 0.3 is 0 Å².